The molecule has 1 heterocycles. The number of hydrogen-bond donors (Lipinski definition) is 1. The lowest BCUT2D eigenvalue weighted by atomic mass is 10.1. The predicted octanol–water partition coefficient (Wildman–Crippen LogP) is 2.58. The minimum absolute atomic E-state index is 0.00305. The molecule has 0 spiro atoms. The van der Waals surface area contributed by atoms with Crippen LogP contribution >= 0.6 is 0 Å². The maximum Gasteiger partial charge on any atom is 0.351 e. The SMILES string of the molecule is CCCCOc1cc([N+](=O)[O-])cc2cc(C(=O)O)c(=O)oc12. The number of benzene rings is 1. The van der Waals surface area contributed by atoms with Crippen molar-refractivity contribution in [1.82, 2.24) is 0 Å². The first-order chi connectivity index (χ1) is 10.4. The van der Waals surface area contributed by atoms with Crippen molar-refractivity contribution < 1.29 is 24.0 Å². The molecule has 0 saturated heterocycles. The molecule has 0 saturated carbocycles. The molecule has 1 aromatic carbocycles. The maximum atomic E-state index is 11.6. The average molecular weight is 307 g/mol. The molecule has 0 amide bonds. The summed E-state index contributed by atoms with van der Waals surface area (Å²) in [5, 5.41) is 20.0. The number of nitro benzene ring substituents is 1. The van der Waals surface area contributed by atoms with E-state index in [1.54, 1.807) is 0 Å². The topological polar surface area (TPSA) is 120 Å². The van der Waals surface area contributed by atoms with Gasteiger partial charge in [0.1, 0.15) is 5.56 Å². The van der Waals surface area contributed by atoms with Gasteiger partial charge in [0, 0.05) is 11.5 Å². The molecule has 8 nitrogen and oxygen atoms in total. The molecule has 2 aromatic rings. The van der Waals surface area contributed by atoms with Gasteiger partial charge in [-0.1, -0.05) is 13.3 Å². The first-order valence-electron chi connectivity index (χ1n) is 6.56. The summed E-state index contributed by atoms with van der Waals surface area (Å²) in [5.74, 6) is -1.41. The molecule has 0 aliphatic carbocycles. The van der Waals surface area contributed by atoms with E-state index in [2.05, 4.69) is 0 Å². The van der Waals surface area contributed by atoms with Gasteiger partial charge in [-0.05, 0) is 12.5 Å². The van der Waals surface area contributed by atoms with Crippen molar-refractivity contribution in [1.29, 1.82) is 0 Å². The first kappa shape index (κ1) is 15.5. The number of fused-ring (bicyclic) bond motifs is 1. The number of hydrogen-bond acceptors (Lipinski definition) is 6. The lowest BCUT2D eigenvalue weighted by molar-refractivity contribution is -0.384. The van der Waals surface area contributed by atoms with Crippen LogP contribution in [0.1, 0.15) is 30.1 Å². The van der Waals surface area contributed by atoms with Crippen LogP contribution in [0.25, 0.3) is 11.0 Å². The zero-order valence-corrected chi connectivity index (χ0v) is 11.7. The van der Waals surface area contributed by atoms with E-state index in [0.29, 0.717) is 6.61 Å². The van der Waals surface area contributed by atoms with Crippen LogP contribution in [-0.4, -0.2) is 22.6 Å². The second-order valence-electron chi connectivity index (χ2n) is 4.57. The van der Waals surface area contributed by atoms with Crippen LogP contribution in [0, 0.1) is 10.1 Å². The Morgan fingerprint density at radius 2 is 2.14 bits per heavy atom. The Hall–Kier alpha value is -2.90. The highest BCUT2D eigenvalue weighted by Gasteiger charge is 2.19. The summed E-state index contributed by atoms with van der Waals surface area (Å²) in [6, 6.07) is 3.34. The molecule has 8 heteroatoms. The van der Waals surface area contributed by atoms with Crippen LogP contribution in [0.3, 0.4) is 0 Å². The second-order valence-corrected chi connectivity index (χ2v) is 4.57. The molecule has 1 aromatic heterocycles. The summed E-state index contributed by atoms with van der Waals surface area (Å²) in [4.78, 5) is 32.9. The predicted molar refractivity (Wildman–Crippen MR) is 76.5 cm³/mol. The molecular weight excluding hydrogens is 294 g/mol. The highest BCUT2D eigenvalue weighted by atomic mass is 16.6. The van der Waals surface area contributed by atoms with E-state index in [1.807, 2.05) is 6.92 Å². The summed E-state index contributed by atoms with van der Waals surface area (Å²) in [6.45, 7) is 2.26. The van der Waals surface area contributed by atoms with E-state index < -0.39 is 22.1 Å². The van der Waals surface area contributed by atoms with Crippen molar-refractivity contribution >= 4 is 22.6 Å². The highest BCUT2D eigenvalue weighted by molar-refractivity contribution is 5.93. The van der Waals surface area contributed by atoms with Crippen LogP contribution in [0.4, 0.5) is 5.69 Å². The van der Waals surface area contributed by atoms with E-state index in [-0.39, 0.29) is 22.4 Å². The Balaban J connectivity index is 2.65. The minimum atomic E-state index is -1.46. The van der Waals surface area contributed by atoms with E-state index >= 15 is 0 Å². The molecule has 2 rings (SSSR count). The van der Waals surface area contributed by atoms with Crippen LogP contribution in [0.2, 0.25) is 0 Å². The highest BCUT2D eigenvalue weighted by Crippen LogP contribution is 2.31. The Kier molecular flexibility index (Phi) is 4.40. The Labute approximate surface area is 124 Å². The quantitative estimate of drug-likeness (QED) is 0.377. The maximum absolute atomic E-state index is 11.6. The number of aromatic carboxylic acids is 1. The van der Waals surface area contributed by atoms with Crippen molar-refractivity contribution in [3.63, 3.8) is 0 Å². The standard InChI is InChI=1S/C14H13NO7/c1-2-3-4-21-11-7-9(15(19)20)5-8-6-10(13(16)17)14(18)22-12(8)11/h5-7H,2-4H2,1H3,(H,16,17). The number of carbonyl (C=O) groups is 1. The normalized spacial score (nSPS) is 10.6. The van der Waals surface area contributed by atoms with Gasteiger partial charge in [0.25, 0.3) is 5.69 Å². The fraction of sp³-hybridized carbons (Fsp3) is 0.286. The molecule has 0 radical (unpaired) electrons. The van der Waals surface area contributed by atoms with E-state index in [1.165, 1.54) is 0 Å². The van der Waals surface area contributed by atoms with Gasteiger partial charge in [0.2, 0.25) is 0 Å². The summed E-state index contributed by atoms with van der Waals surface area (Å²) >= 11 is 0. The zero-order valence-electron chi connectivity index (χ0n) is 11.7. The van der Waals surface area contributed by atoms with E-state index in [9.17, 15) is 19.7 Å². The fourth-order valence-corrected chi connectivity index (χ4v) is 1.88. The number of ether oxygens (including phenoxy) is 1. The number of unbranched alkanes of at least 4 members (excludes halogenated alkanes) is 1. The fourth-order valence-electron chi connectivity index (χ4n) is 1.88. The number of nitrogens with zero attached hydrogens (tertiary/aromatic N) is 1. The van der Waals surface area contributed by atoms with Crippen LogP contribution in [-0.2, 0) is 0 Å². The number of nitro groups is 1. The molecule has 0 aliphatic rings. The van der Waals surface area contributed by atoms with Crippen LogP contribution < -0.4 is 10.4 Å². The molecule has 0 bridgehead atoms. The van der Waals surface area contributed by atoms with Gasteiger partial charge in [-0.3, -0.25) is 10.1 Å². The number of carboxylic acids is 1. The molecule has 1 N–H and O–H groups in total. The molecule has 0 atom stereocenters. The summed E-state index contributed by atoms with van der Waals surface area (Å²) in [7, 11) is 0. The second kappa shape index (κ2) is 6.25. The van der Waals surface area contributed by atoms with Crippen molar-refractivity contribution in [3.05, 3.63) is 44.3 Å². The van der Waals surface area contributed by atoms with Crippen LogP contribution in [0.15, 0.2) is 27.4 Å². The lowest BCUT2D eigenvalue weighted by Crippen LogP contribution is -2.13. The summed E-state index contributed by atoms with van der Waals surface area (Å²) in [6.07, 6.45) is 1.58. The first-order valence-corrected chi connectivity index (χ1v) is 6.56. The third-order valence-electron chi connectivity index (χ3n) is 2.98. The zero-order chi connectivity index (χ0) is 16.3. The molecule has 0 unspecified atom stereocenters. The van der Waals surface area contributed by atoms with Gasteiger partial charge in [-0.25, -0.2) is 9.59 Å². The van der Waals surface area contributed by atoms with E-state index in [4.69, 9.17) is 14.3 Å². The Bertz CT molecular complexity index is 794. The van der Waals surface area contributed by atoms with Crippen molar-refractivity contribution in [3.8, 4) is 5.75 Å². The van der Waals surface area contributed by atoms with Gasteiger partial charge in [-0.2, -0.15) is 0 Å². The third kappa shape index (κ3) is 3.05. The van der Waals surface area contributed by atoms with Crippen molar-refractivity contribution in [2.24, 2.45) is 0 Å². The number of rotatable bonds is 6. The average Bonchev–Trinajstić information content (AvgIpc) is 2.46. The van der Waals surface area contributed by atoms with Crippen molar-refractivity contribution in [2.75, 3.05) is 6.61 Å². The smallest absolute Gasteiger partial charge is 0.351 e. The van der Waals surface area contributed by atoms with Gasteiger partial charge in [0.05, 0.1) is 17.6 Å². The monoisotopic (exact) mass is 307 g/mol. The van der Waals surface area contributed by atoms with Gasteiger partial charge < -0.3 is 14.3 Å². The number of non-ortho nitro benzene ring substituents is 1. The van der Waals surface area contributed by atoms with Crippen LogP contribution in [0.5, 0.6) is 5.75 Å². The van der Waals surface area contributed by atoms with E-state index in [0.717, 1.165) is 31.0 Å². The van der Waals surface area contributed by atoms with Gasteiger partial charge in [-0.15, -0.1) is 0 Å². The summed E-state index contributed by atoms with van der Waals surface area (Å²) < 4.78 is 10.4. The van der Waals surface area contributed by atoms with Gasteiger partial charge >= 0.3 is 11.6 Å². The third-order valence-corrected chi connectivity index (χ3v) is 2.98. The molecular formula is C14H13NO7. The summed E-state index contributed by atoms with van der Waals surface area (Å²) in [5.41, 5.74) is -1.90. The Morgan fingerprint density at radius 1 is 1.41 bits per heavy atom. The number of carboxylic acid groups (broad SMARTS) is 1. The molecule has 22 heavy (non-hydrogen) atoms. The molecule has 0 aliphatic heterocycles. The Morgan fingerprint density at radius 3 is 2.73 bits per heavy atom. The molecule has 116 valence electrons. The largest absolute Gasteiger partial charge is 0.489 e. The minimum Gasteiger partial charge on any atom is -0.489 e. The lowest BCUT2D eigenvalue weighted by Gasteiger charge is -2.08. The van der Waals surface area contributed by atoms with Gasteiger partial charge in [0.15, 0.2) is 11.3 Å². The molecule has 0 fully saturated rings. The van der Waals surface area contributed by atoms with Crippen molar-refractivity contribution in [2.45, 2.75) is 19.8 Å².